The van der Waals surface area contributed by atoms with Crippen LogP contribution in [-0.4, -0.2) is 38.8 Å². The molecule has 3 heterocycles. The van der Waals surface area contributed by atoms with Gasteiger partial charge in [-0.25, -0.2) is 4.79 Å². The Morgan fingerprint density at radius 3 is 2.48 bits per heavy atom. The smallest absolute Gasteiger partial charge is 0.410 e. The average Bonchev–Trinajstić information content (AvgIpc) is 2.85. The Labute approximate surface area is 160 Å². The average molecular weight is 368 g/mol. The number of ether oxygens (including phenoxy) is 1. The summed E-state index contributed by atoms with van der Waals surface area (Å²) < 4.78 is 5.60. The van der Waals surface area contributed by atoms with Gasteiger partial charge in [0.1, 0.15) is 5.60 Å². The van der Waals surface area contributed by atoms with Gasteiger partial charge in [0.15, 0.2) is 0 Å². The molecule has 2 aromatic rings. The van der Waals surface area contributed by atoms with Crippen molar-refractivity contribution in [3.63, 3.8) is 0 Å². The second kappa shape index (κ2) is 6.20. The number of rotatable bonds is 1. The lowest BCUT2D eigenvalue weighted by atomic mass is 9.80. The molecule has 2 aliphatic rings. The summed E-state index contributed by atoms with van der Waals surface area (Å²) in [6, 6.07) is 10.1. The zero-order valence-corrected chi connectivity index (χ0v) is 16.5. The fraction of sp³-hybridized carbons (Fsp3) is 0.545. The summed E-state index contributed by atoms with van der Waals surface area (Å²) in [5, 5.41) is 12.5. The first kappa shape index (κ1) is 18.2. The minimum absolute atomic E-state index is 0.0236. The van der Waals surface area contributed by atoms with Crippen molar-refractivity contribution in [1.29, 1.82) is 0 Å². The van der Waals surface area contributed by atoms with Crippen LogP contribution in [0.2, 0.25) is 0 Å². The first-order valence-electron chi connectivity index (χ1n) is 9.76. The van der Waals surface area contributed by atoms with Crippen molar-refractivity contribution in [3.05, 3.63) is 41.6 Å². The molecule has 1 amide bonds. The molecular weight excluding hydrogens is 340 g/mol. The van der Waals surface area contributed by atoms with Crippen molar-refractivity contribution in [2.24, 2.45) is 0 Å². The molecule has 27 heavy (non-hydrogen) atoms. The van der Waals surface area contributed by atoms with Gasteiger partial charge in [-0.2, -0.15) is 0 Å². The maximum absolute atomic E-state index is 12.6. The van der Waals surface area contributed by atoms with Crippen LogP contribution < -0.4 is 0 Å². The van der Waals surface area contributed by atoms with Gasteiger partial charge in [0.2, 0.25) is 0 Å². The Bertz CT molecular complexity index is 873. The van der Waals surface area contributed by atoms with Crippen LogP contribution in [-0.2, 0) is 10.3 Å². The number of carbonyl (C=O) groups is 1. The number of nitrogens with zero attached hydrogens (tertiary/aromatic N) is 2. The van der Waals surface area contributed by atoms with Crippen molar-refractivity contribution < 1.29 is 14.6 Å². The van der Waals surface area contributed by atoms with Crippen LogP contribution in [0.25, 0.3) is 10.9 Å². The zero-order valence-electron chi connectivity index (χ0n) is 16.5. The Balaban J connectivity index is 1.60. The van der Waals surface area contributed by atoms with Crippen LogP contribution in [0.1, 0.15) is 57.7 Å². The molecule has 5 heteroatoms. The van der Waals surface area contributed by atoms with Crippen molar-refractivity contribution >= 4 is 17.0 Å². The molecular formula is C22H28N2O3. The monoisotopic (exact) mass is 368 g/mol. The van der Waals surface area contributed by atoms with Crippen LogP contribution in [0.4, 0.5) is 4.79 Å². The van der Waals surface area contributed by atoms with E-state index in [1.807, 2.05) is 56.9 Å². The standard InChI is InChI=1S/C22H28N2O3/c1-14-5-6-15-11-16(7-10-19(15)23-14)22(26)12-17-8-9-18(13-22)24(17)20(25)27-21(2,3)4/h5-7,10-11,17-18,26H,8-9,12-13H2,1-4H3. The SMILES string of the molecule is Cc1ccc2cc(C3(O)CC4CCC(C3)N4C(=O)OC(C)(C)C)ccc2n1. The molecule has 2 atom stereocenters. The molecule has 0 spiro atoms. The number of pyridine rings is 1. The first-order valence-corrected chi connectivity index (χ1v) is 9.76. The molecule has 1 N–H and O–H groups in total. The number of aliphatic hydroxyl groups is 1. The predicted octanol–water partition coefficient (Wildman–Crippen LogP) is 4.29. The molecule has 0 aliphatic carbocycles. The molecule has 2 unspecified atom stereocenters. The summed E-state index contributed by atoms with van der Waals surface area (Å²) in [6.07, 6.45) is 2.68. The Kier molecular flexibility index (Phi) is 4.18. The lowest BCUT2D eigenvalue weighted by molar-refractivity contribution is -0.0623. The summed E-state index contributed by atoms with van der Waals surface area (Å²) in [6.45, 7) is 7.64. The molecule has 0 saturated carbocycles. The molecule has 4 rings (SSSR count). The number of hydrogen-bond donors (Lipinski definition) is 1. The number of benzene rings is 1. The Morgan fingerprint density at radius 2 is 1.85 bits per heavy atom. The summed E-state index contributed by atoms with van der Waals surface area (Å²) in [5.74, 6) is 0. The highest BCUT2D eigenvalue weighted by molar-refractivity contribution is 5.79. The van der Waals surface area contributed by atoms with Crippen LogP contribution in [0.3, 0.4) is 0 Å². The maximum Gasteiger partial charge on any atom is 0.410 e. The minimum atomic E-state index is -0.913. The van der Waals surface area contributed by atoms with Gasteiger partial charge < -0.3 is 14.7 Å². The van der Waals surface area contributed by atoms with Crippen LogP contribution in [0.5, 0.6) is 0 Å². The number of amides is 1. The van der Waals surface area contributed by atoms with Gasteiger partial charge >= 0.3 is 6.09 Å². The van der Waals surface area contributed by atoms with Gasteiger partial charge in [0.05, 0.1) is 11.1 Å². The van der Waals surface area contributed by atoms with Crippen LogP contribution in [0, 0.1) is 6.92 Å². The highest BCUT2D eigenvalue weighted by Gasteiger charge is 2.51. The third-order valence-corrected chi connectivity index (χ3v) is 5.74. The highest BCUT2D eigenvalue weighted by atomic mass is 16.6. The molecule has 144 valence electrons. The summed E-state index contributed by atoms with van der Waals surface area (Å²) in [5.41, 5.74) is 1.42. The van der Waals surface area contributed by atoms with Gasteiger partial charge in [-0.05, 0) is 64.3 Å². The number of aromatic nitrogens is 1. The quantitative estimate of drug-likeness (QED) is 0.815. The maximum atomic E-state index is 12.6. The van der Waals surface area contributed by atoms with E-state index in [0.717, 1.165) is 35.0 Å². The lowest BCUT2D eigenvalue weighted by Gasteiger charge is -2.44. The lowest BCUT2D eigenvalue weighted by Crippen LogP contribution is -2.53. The van der Waals surface area contributed by atoms with E-state index < -0.39 is 11.2 Å². The van der Waals surface area contributed by atoms with Gasteiger partial charge in [-0.1, -0.05) is 12.1 Å². The minimum Gasteiger partial charge on any atom is -0.444 e. The second-order valence-electron chi connectivity index (χ2n) is 9.07. The highest BCUT2D eigenvalue weighted by Crippen LogP contribution is 2.46. The largest absolute Gasteiger partial charge is 0.444 e. The molecule has 0 radical (unpaired) electrons. The van der Waals surface area contributed by atoms with Crippen molar-refractivity contribution in [1.82, 2.24) is 9.88 Å². The van der Waals surface area contributed by atoms with Gasteiger partial charge in [0, 0.05) is 36.0 Å². The van der Waals surface area contributed by atoms with E-state index in [9.17, 15) is 9.90 Å². The number of fused-ring (bicyclic) bond motifs is 3. The van der Waals surface area contributed by atoms with Crippen molar-refractivity contribution in [2.45, 2.75) is 76.7 Å². The van der Waals surface area contributed by atoms with Crippen LogP contribution in [0.15, 0.2) is 30.3 Å². The van der Waals surface area contributed by atoms with E-state index in [4.69, 9.17) is 4.74 Å². The zero-order chi connectivity index (χ0) is 19.4. The summed E-state index contributed by atoms with van der Waals surface area (Å²) >= 11 is 0. The van der Waals surface area contributed by atoms with E-state index in [0.29, 0.717) is 12.8 Å². The molecule has 5 nitrogen and oxygen atoms in total. The number of piperidine rings is 1. The van der Waals surface area contributed by atoms with Gasteiger partial charge in [-0.15, -0.1) is 0 Å². The predicted molar refractivity (Wildman–Crippen MR) is 104 cm³/mol. The number of aryl methyl sites for hydroxylation is 1. The molecule has 1 aromatic heterocycles. The number of hydrogen-bond acceptors (Lipinski definition) is 4. The topological polar surface area (TPSA) is 62.7 Å². The normalized spacial score (nSPS) is 27.8. The van der Waals surface area contributed by atoms with E-state index in [2.05, 4.69) is 11.1 Å². The molecule has 2 saturated heterocycles. The third-order valence-electron chi connectivity index (χ3n) is 5.74. The fourth-order valence-corrected chi connectivity index (χ4v) is 4.59. The van der Waals surface area contributed by atoms with Gasteiger partial charge in [-0.3, -0.25) is 4.98 Å². The molecule has 1 aromatic carbocycles. The Hall–Kier alpha value is -2.14. The second-order valence-corrected chi connectivity index (χ2v) is 9.07. The Morgan fingerprint density at radius 1 is 1.19 bits per heavy atom. The first-order chi connectivity index (χ1) is 12.6. The van der Waals surface area contributed by atoms with E-state index >= 15 is 0 Å². The summed E-state index contributed by atoms with van der Waals surface area (Å²) in [7, 11) is 0. The number of carbonyl (C=O) groups excluding carboxylic acids is 1. The van der Waals surface area contributed by atoms with Crippen molar-refractivity contribution in [2.75, 3.05) is 0 Å². The fourth-order valence-electron chi connectivity index (χ4n) is 4.59. The molecule has 2 bridgehead atoms. The molecule has 2 fully saturated rings. The molecule has 2 aliphatic heterocycles. The van der Waals surface area contributed by atoms with E-state index in [1.165, 1.54) is 0 Å². The third kappa shape index (κ3) is 3.41. The summed E-state index contributed by atoms with van der Waals surface area (Å²) in [4.78, 5) is 19.1. The van der Waals surface area contributed by atoms with E-state index in [-0.39, 0.29) is 18.2 Å². The van der Waals surface area contributed by atoms with Gasteiger partial charge in [0.25, 0.3) is 0 Å². The van der Waals surface area contributed by atoms with E-state index in [1.54, 1.807) is 0 Å². The van der Waals surface area contributed by atoms with Crippen LogP contribution >= 0.6 is 0 Å². The van der Waals surface area contributed by atoms with Crippen molar-refractivity contribution in [3.8, 4) is 0 Å².